The number of hydrogen-bond donors (Lipinski definition) is 2. The molecular weight excluding hydrogens is 294 g/mol. The van der Waals surface area contributed by atoms with E-state index in [1.165, 1.54) is 4.90 Å². The SMILES string of the molecule is Cc1c(CNC(=O)C2CCCN(C(N)=O)C2)oc2ccccc12. The van der Waals surface area contributed by atoms with Crippen molar-refractivity contribution in [3.05, 3.63) is 35.6 Å². The van der Waals surface area contributed by atoms with Gasteiger partial charge in [-0.3, -0.25) is 4.79 Å². The third kappa shape index (κ3) is 3.16. The molecule has 1 aliphatic rings. The van der Waals surface area contributed by atoms with E-state index in [-0.39, 0.29) is 11.8 Å². The van der Waals surface area contributed by atoms with Crippen molar-refractivity contribution >= 4 is 22.9 Å². The fraction of sp³-hybridized carbons (Fsp3) is 0.412. The first-order valence-electron chi connectivity index (χ1n) is 7.85. The Balaban J connectivity index is 1.64. The number of rotatable bonds is 3. The fourth-order valence-corrected chi connectivity index (χ4v) is 3.10. The summed E-state index contributed by atoms with van der Waals surface area (Å²) in [5.41, 5.74) is 7.17. The van der Waals surface area contributed by atoms with Crippen LogP contribution in [0.4, 0.5) is 4.79 Å². The standard InChI is InChI=1S/C17H21N3O3/c1-11-13-6-2-3-7-14(13)23-15(11)9-19-16(21)12-5-4-8-20(10-12)17(18)22/h2-3,6-7,12H,4-5,8-10H2,1H3,(H2,18,22)(H,19,21). The van der Waals surface area contributed by atoms with Crippen LogP contribution in [0, 0.1) is 12.8 Å². The largest absolute Gasteiger partial charge is 0.459 e. The lowest BCUT2D eigenvalue weighted by molar-refractivity contribution is -0.126. The Labute approximate surface area is 134 Å². The van der Waals surface area contributed by atoms with Crippen molar-refractivity contribution in [3.8, 4) is 0 Å². The van der Waals surface area contributed by atoms with Crippen LogP contribution >= 0.6 is 0 Å². The van der Waals surface area contributed by atoms with Crippen LogP contribution in [0.3, 0.4) is 0 Å². The smallest absolute Gasteiger partial charge is 0.314 e. The number of hydrogen-bond acceptors (Lipinski definition) is 3. The molecule has 0 bridgehead atoms. The molecule has 1 unspecified atom stereocenters. The molecule has 0 saturated carbocycles. The molecule has 23 heavy (non-hydrogen) atoms. The number of nitrogens with zero attached hydrogens (tertiary/aromatic N) is 1. The Morgan fingerprint density at radius 2 is 2.17 bits per heavy atom. The van der Waals surface area contributed by atoms with Crippen LogP contribution in [-0.4, -0.2) is 29.9 Å². The molecule has 2 aromatic rings. The van der Waals surface area contributed by atoms with Gasteiger partial charge >= 0.3 is 6.03 Å². The molecule has 0 spiro atoms. The first kappa shape index (κ1) is 15.4. The molecular formula is C17H21N3O3. The number of aryl methyl sites for hydroxylation is 1. The van der Waals surface area contributed by atoms with Gasteiger partial charge in [-0.05, 0) is 25.8 Å². The summed E-state index contributed by atoms with van der Waals surface area (Å²) in [6.45, 7) is 3.36. The highest BCUT2D eigenvalue weighted by Gasteiger charge is 2.27. The van der Waals surface area contributed by atoms with Gasteiger partial charge in [0.15, 0.2) is 0 Å². The monoisotopic (exact) mass is 315 g/mol. The summed E-state index contributed by atoms with van der Waals surface area (Å²) in [5.74, 6) is 0.499. The van der Waals surface area contributed by atoms with Crippen LogP contribution in [0.15, 0.2) is 28.7 Å². The van der Waals surface area contributed by atoms with E-state index in [1.54, 1.807) is 0 Å². The number of primary amides is 1. The number of amides is 3. The lowest BCUT2D eigenvalue weighted by Gasteiger charge is -2.30. The van der Waals surface area contributed by atoms with Gasteiger partial charge in [0.05, 0.1) is 12.5 Å². The number of fused-ring (bicyclic) bond motifs is 1. The number of benzene rings is 1. The minimum atomic E-state index is -0.462. The van der Waals surface area contributed by atoms with E-state index in [2.05, 4.69) is 5.32 Å². The summed E-state index contributed by atoms with van der Waals surface area (Å²) in [6, 6.07) is 7.35. The van der Waals surface area contributed by atoms with Crippen LogP contribution in [0.25, 0.3) is 11.0 Å². The number of carbonyl (C=O) groups is 2. The molecule has 1 fully saturated rings. The molecule has 1 aromatic carbocycles. The Kier molecular flexibility index (Phi) is 4.23. The zero-order chi connectivity index (χ0) is 16.4. The molecule has 6 heteroatoms. The van der Waals surface area contributed by atoms with Gasteiger partial charge in [-0.25, -0.2) is 4.79 Å². The number of likely N-dealkylation sites (tertiary alicyclic amines) is 1. The zero-order valence-corrected chi connectivity index (χ0v) is 13.2. The molecule has 1 saturated heterocycles. The predicted octanol–water partition coefficient (Wildman–Crippen LogP) is 2.15. The van der Waals surface area contributed by atoms with Gasteiger partial charge in [-0.15, -0.1) is 0 Å². The Morgan fingerprint density at radius 3 is 2.91 bits per heavy atom. The summed E-state index contributed by atoms with van der Waals surface area (Å²) in [5, 5.41) is 3.98. The Morgan fingerprint density at radius 1 is 1.39 bits per heavy atom. The van der Waals surface area contributed by atoms with Gasteiger partial charge in [-0.2, -0.15) is 0 Å². The molecule has 3 amide bonds. The van der Waals surface area contributed by atoms with E-state index in [1.807, 2.05) is 31.2 Å². The summed E-state index contributed by atoms with van der Waals surface area (Å²) in [7, 11) is 0. The predicted molar refractivity (Wildman–Crippen MR) is 86.7 cm³/mol. The van der Waals surface area contributed by atoms with Crippen molar-refractivity contribution in [1.29, 1.82) is 0 Å². The highest BCUT2D eigenvalue weighted by atomic mass is 16.3. The van der Waals surface area contributed by atoms with Crippen LogP contribution in [0.1, 0.15) is 24.2 Å². The quantitative estimate of drug-likeness (QED) is 0.909. The molecule has 3 N–H and O–H groups in total. The number of para-hydroxylation sites is 1. The average molecular weight is 315 g/mol. The molecule has 3 rings (SSSR count). The van der Waals surface area contributed by atoms with Crippen molar-refractivity contribution in [2.45, 2.75) is 26.3 Å². The molecule has 0 radical (unpaired) electrons. The van der Waals surface area contributed by atoms with Gasteiger partial charge in [0.1, 0.15) is 11.3 Å². The number of urea groups is 1. The van der Waals surface area contributed by atoms with Gasteiger partial charge in [-0.1, -0.05) is 18.2 Å². The highest BCUT2D eigenvalue weighted by Crippen LogP contribution is 2.25. The number of nitrogens with one attached hydrogen (secondary N) is 1. The lowest BCUT2D eigenvalue weighted by Crippen LogP contribution is -2.47. The molecule has 6 nitrogen and oxygen atoms in total. The van der Waals surface area contributed by atoms with Gasteiger partial charge < -0.3 is 20.4 Å². The molecule has 122 valence electrons. The number of nitrogens with two attached hydrogens (primary N) is 1. The molecule has 1 aromatic heterocycles. The molecule has 2 heterocycles. The zero-order valence-electron chi connectivity index (χ0n) is 13.2. The van der Waals surface area contributed by atoms with Crippen molar-refractivity contribution < 1.29 is 14.0 Å². The second-order valence-electron chi connectivity index (χ2n) is 5.99. The fourth-order valence-electron chi connectivity index (χ4n) is 3.10. The maximum Gasteiger partial charge on any atom is 0.314 e. The second-order valence-corrected chi connectivity index (χ2v) is 5.99. The first-order valence-corrected chi connectivity index (χ1v) is 7.85. The molecule has 0 aliphatic carbocycles. The average Bonchev–Trinajstić information content (AvgIpc) is 2.89. The van der Waals surface area contributed by atoms with Crippen molar-refractivity contribution in [3.63, 3.8) is 0 Å². The third-order valence-corrected chi connectivity index (χ3v) is 4.47. The van der Waals surface area contributed by atoms with Crippen LogP contribution in [0.5, 0.6) is 0 Å². The lowest BCUT2D eigenvalue weighted by atomic mass is 9.97. The van der Waals surface area contributed by atoms with Crippen molar-refractivity contribution in [2.75, 3.05) is 13.1 Å². The topological polar surface area (TPSA) is 88.6 Å². The number of piperidine rings is 1. The number of furan rings is 1. The van der Waals surface area contributed by atoms with Crippen molar-refractivity contribution in [2.24, 2.45) is 11.7 Å². The van der Waals surface area contributed by atoms with E-state index < -0.39 is 6.03 Å². The molecule has 1 aliphatic heterocycles. The Bertz CT molecular complexity index is 738. The summed E-state index contributed by atoms with van der Waals surface area (Å²) >= 11 is 0. The van der Waals surface area contributed by atoms with Gasteiger partial charge in [0.25, 0.3) is 0 Å². The van der Waals surface area contributed by atoms with E-state index in [4.69, 9.17) is 10.2 Å². The summed E-state index contributed by atoms with van der Waals surface area (Å²) < 4.78 is 5.80. The number of carbonyl (C=O) groups excluding carboxylic acids is 2. The normalized spacial score (nSPS) is 18.1. The third-order valence-electron chi connectivity index (χ3n) is 4.47. The van der Waals surface area contributed by atoms with Crippen LogP contribution < -0.4 is 11.1 Å². The minimum Gasteiger partial charge on any atom is -0.459 e. The Hall–Kier alpha value is -2.50. The summed E-state index contributed by atoms with van der Waals surface area (Å²) in [4.78, 5) is 25.1. The molecule has 1 atom stereocenters. The minimum absolute atomic E-state index is 0.0594. The van der Waals surface area contributed by atoms with Gasteiger partial charge in [0, 0.05) is 24.0 Å². The van der Waals surface area contributed by atoms with Gasteiger partial charge in [0.2, 0.25) is 5.91 Å². The maximum atomic E-state index is 12.3. The maximum absolute atomic E-state index is 12.3. The van der Waals surface area contributed by atoms with Crippen molar-refractivity contribution in [1.82, 2.24) is 10.2 Å². The van der Waals surface area contributed by atoms with E-state index in [0.29, 0.717) is 19.6 Å². The van der Waals surface area contributed by atoms with E-state index >= 15 is 0 Å². The summed E-state index contributed by atoms with van der Waals surface area (Å²) in [6.07, 6.45) is 1.57. The second kappa shape index (κ2) is 6.32. The van der Waals surface area contributed by atoms with Crippen LogP contribution in [0.2, 0.25) is 0 Å². The highest BCUT2D eigenvalue weighted by molar-refractivity contribution is 5.83. The first-order chi connectivity index (χ1) is 11.1. The van der Waals surface area contributed by atoms with E-state index in [0.717, 1.165) is 35.1 Å². The van der Waals surface area contributed by atoms with Crippen LogP contribution in [-0.2, 0) is 11.3 Å². The van der Waals surface area contributed by atoms with E-state index in [9.17, 15) is 9.59 Å².